The number of hydrogen-bond acceptors (Lipinski definition) is 1. The third kappa shape index (κ3) is 5.64. The van der Waals surface area contributed by atoms with Crippen molar-refractivity contribution in [1.82, 2.24) is 5.32 Å². The highest BCUT2D eigenvalue weighted by atomic mass is 79.9. The van der Waals surface area contributed by atoms with Crippen LogP contribution < -0.4 is 5.32 Å². The number of benzene rings is 1. The summed E-state index contributed by atoms with van der Waals surface area (Å²) in [5, 5.41) is 3.38. The second kappa shape index (κ2) is 7.83. The van der Waals surface area contributed by atoms with Gasteiger partial charge in [0.25, 0.3) is 0 Å². The van der Waals surface area contributed by atoms with Crippen molar-refractivity contribution in [3.8, 4) is 0 Å². The molecule has 1 aromatic carbocycles. The summed E-state index contributed by atoms with van der Waals surface area (Å²) >= 11 is 3.34. The van der Waals surface area contributed by atoms with Gasteiger partial charge in [-0.15, -0.1) is 0 Å². The Morgan fingerprint density at radius 3 is 2.65 bits per heavy atom. The number of halogens is 2. The van der Waals surface area contributed by atoms with Crippen molar-refractivity contribution < 1.29 is 4.39 Å². The van der Waals surface area contributed by atoms with Crippen molar-refractivity contribution in [2.45, 2.75) is 33.1 Å². The van der Waals surface area contributed by atoms with Crippen LogP contribution in [0.25, 0.3) is 0 Å². The normalized spacial score (nSPS) is 12.7. The molecule has 1 N–H and O–H groups in total. The molecule has 17 heavy (non-hydrogen) atoms. The van der Waals surface area contributed by atoms with E-state index in [1.165, 1.54) is 18.9 Å². The van der Waals surface area contributed by atoms with Crippen LogP contribution in [-0.4, -0.2) is 13.1 Å². The molecule has 0 aromatic heterocycles. The zero-order chi connectivity index (χ0) is 12.7. The molecule has 96 valence electrons. The molecule has 0 saturated carbocycles. The van der Waals surface area contributed by atoms with E-state index in [0.29, 0.717) is 5.92 Å². The van der Waals surface area contributed by atoms with Crippen LogP contribution >= 0.6 is 15.9 Å². The molecule has 0 bridgehead atoms. The summed E-state index contributed by atoms with van der Waals surface area (Å²) in [6, 6.07) is 5.15. The Bertz CT molecular complexity index is 321. The van der Waals surface area contributed by atoms with Gasteiger partial charge in [0, 0.05) is 4.47 Å². The largest absolute Gasteiger partial charge is 0.317 e. The van der Waals surface area contributed by atoms with Crippen molar-refractivity contribution in [2.75, 3.05) is 13.1 Å². The van der Waals surface area contributed by atoms with E-state index in [0.717, 1.165) is 29.5 Å². The fourth-order valence-corrected chi connectivity index (χ4v) is 2.61. The van der Waals surface area contributed by atoms with Crippen molar-refractivity contribution in [2.24, 2.45) is 5.92 Å². The standard InChI is InChI=1S/C14H21BrFN/c1-3-5-11(10-17-4-2)6-12-7-13(15)9-14(16)8-12/h7-9,11,17H,3-6,10H2,1-2H3. The molecule has 3 heteroatoms. The van der Waals surface area contributed by atoms with Crippen LogP contribution in [0, 0.1) is 11.7 Å². The Morgan fingerprint density at radius 2 is 2.06 bits per heavy atom. The van der Waals surface area contributed by atoms with E-state index >= 15 is 0 Å². The highest BCUT2D eigenvalue weighted by molar-refractivity contribution is 9.10. The van der Waals surface area contributed by atoms with Gasteiger partial charge in [-0.05, 0) is 55.6 Å². The van der Waals surface area contributed by atoms with Crippen molar-refractivity contribution in [3.63, 3.8) is 0 Å². The minimum absolute atomic E-state index is 0.159. The molecule has 1 nitrogen and oxygen atoms in total. The molecule has 0 aliphatic rings. The van der Waals surface area contributed by atoms with E-state index in [9.17, 15) is 4.39 Å². The monoisotopic (exact) mass is 301 g/mol. The number of nitrogens with one attached hydrogen (secondary N) is 1. The van der Waals surface area contributed by atoms with Gasteiger partial charge in [-0.25, -0.2) is 4.39 Å². The van der Waals surface area contributed by atoms with Crippen LogP contribution in [0.3, 0.4) is 0 Å². The molecule has 1 unspecified atom stereocenters. The van der Waals surface area contributed by atoms with Crippen LogP contribution in [0.5, 0.6) is 0 Å². The highest BCUT2D eigenvalue weighted by Crippen LogP contribution is 2.19. The summed E-state index contributed by atoms with van der Waals surface area (Å²) in [5.41, 5.74) is 1.08. The summed E-state index contributed by atoms with van der Waals surface area (Å²) in [6.07, 6.45) is 3.30. The van der Waals surface area contributed by atoms with Crippen molar-refractivity contribution in [3.05, 3.63) is 34.1 Å². The summed E-state index contributed by atoms with van der Waals surface area (Å²) in [4.78, 5) is 0. The quantitative estimate of drug-likeness (QED) is 0.797. The zero-order valence-electron chi connectivity index (χ0n) is 10.6. The van der Waals surface area contributed by atoms with Gasteiger partial charge in [-0.2, -0.15) is 0 Å². The first kappa shape index (κ1) is 14.7. The molecule has 0 heterocycles. The van der Waals surface area contributed by atoms with Gasteiger partial charge in [-0.3, -0.25) is 0 Å². The van der Waals surface area contributed by atoms with Gasteiger partial charge in [0.2, 0.25) is 0 Å². The second-order valence-electron chi connectivity index (χ2n) is 4.44. The summed E-state index contributed by atoms with van der Waals surface area (Å²) in [6.45, 7) is 6.31. The molecule has 1 atom stereocenters. The smallest absolute Gasteiger partial charge is 0.124 e. The van der Waals surface area contributed by atoms with E-state index in [4.69, 9.17) is 0 Å². The first-order chi connectivity index (χ1) is 8.15. The molecule has 0 radical (unpaired) electrons. The molecule has 0 saturated heterocycles. The highest BCUT2D eigenvalue weighted by Gasteiger charge is 2.09. The summed E-state index contributed by atoms with van der Waals surface area (Å²) in [5.74, 6) is 0.432. The predicted octanol–water partition coefficient (Wildman–Crippen LogP) is 4.16. The van der Waals surface area contributed by atoms with Gasteiger partial charge in [0.05, 0.1) is 0 Å². The Labute approximate surface area is 112 Å². The second-order valence-corrected chi connectivity index (χ2v) is 5.36. The fourth-order valence-electron chi connectivity index (χ4n) is 2.10. The topological polar surface area (TPSA) is 12.0 Å². The summed E-state index contributed by atoms with van der Waals surface area (Å²) in [7, 11) is 0. The zero-order valence-corrected chi connectivity index (χ0v) is 12.2. The Morgan fingerprint density at radius 1 is 1.29 bits per heavy atom. The van der Waals surface area contributed by atoms with Gasteiger partial charge >= 0.3 is 0 Å². The lowest BCUT2D eigenvalue weighted by molar-refractivity contribution is 0.443. The van der Waals surface area contributed by atoms with E-state index in [1.807, 2.05) is 6.07 Å². The maximum absolute atomic E-state index is 13.3. The lowest BCUT2D eigenvalue weighted by atomic mass is 9.95. The minimum atomic E-state index is -0.159. The Hall–Kier alpha value is -0.410. The number of rotatable bonds is 7. The molecule has 0 aliphatic heterocycles. The fraction of sp³-hybridized carbons (Fsp3) is 0.571. The average molecular weight is 302 g/mol. The third-order valence-corrected chi connectivity index (χ3v) is 3.28. The molecule has 0 spiro atoms. The lowest BCUT2D eigenvalue weighted by Gasteiger charge is -2.16. The Kier molecular flexibility index (Phi) is 6.75. The van der Waals surface area contributed by atoms with Gasteiger partial charge in [0.15, 0.2) is 0 Å². The first-order valence-electron chi connectivity index (χ1n) is 6.31. The van der Waals surface area contributed by atoms with Crippen LogP contribution in [0.15, 0.2) is 22.7 Å². The third-order valence-electron chi connectivity index (χ3n) is 2.83. The van der Waals surface area contributed by atoms with E-state index in [-0.39, 0.29) is 5.82 Å². The van der Waals surface area contributed by atoms with Crippen LogP contribution in [-0.2, 0) is 6.42 Å². The molecule has 0 fully saturated rings. The molecule has 1 rings (SSSR count). The Balaban J connectivity index is 2.63. The van der Waals surface area contributed by atoms with Crippen LogP contribution in [0.1, 0.15) is 32.3 Å². The lowest BCUT2D eigenvalue weighted by Crippen LogP contribution is -2.24. The van der Waals surface area contributed by atoms with Gasteiger partial charge in [-0.1, -0.05) is 36.2 Å². The summed E-state index contributed by atoms with van der Waals surface area (Å²) < 4.78 is 14.1. The van der Waals surface area contributed by atoms with Crippen molar-refractivity contribution in [1.29, 1.82) is 0 Å². The SMILES string of the molecule is CCCC(CNCC)Cc1cc(F)cc(Br)c1. The van der Waals surface area contributed by atoms with Crippen molar-refractivity contribution >= 4 is 15.9 Å². The van der Waals surface area contributed by atoms with E-state index in [1.54, 1.807) is 6.07 Å². The van der Waals surface area contributed by atoms with Gasteiger partial charge in [0.1, 0.15) is 5.82 Å². The molecular weight excluding hydrogens is 281 g/mol. The first-order valence-corrected chi connectivity index (χ1v) is 7.10. The van der Waals surface area contributed by atoms with Crippen LogP contribution in [0.4, 0.5) is 4.39 Å². The number of hydrogen-bond donors (Lipinski definition) is 1. The maximum atomic E-state index is 13.3. The van der Waals surface area contributed by atoms with E-state index in [2.05, 4.69) is 35.1 Å². The van der Waals surface area contributed by atoms with Gasteiger partial charge < -0.3 is 5.32 Å². The molecule has 0 amide bonds. The average Bonchev–Trinajstić information content (AvgIpc) is 2.24. The van der Waals surface area contributed by atoms with E-state index < -0.39 is 0 Å². The molecule has 0 aliphatic carbocycles. The molecule has 1 aromatic rings. The minimum Gasteiger partial charge on any atom is -0.317 e. The maximum Gasteiger partial charge on any atom is 0.124 e. The van der Waals surface area contributed by atoms with Crippen LogP contribution in [0.2, 0.25) is 0 Å². The molecular formula is C14H21BrFN. The predicted molar refractivity (Wildman–Crippen MR) is 74.7 cm³/mol.